The summed E-state index contributed by atoms with van der Waals surface area (Å²) in [6.07, 6.45) is -3.54. The summed E-state index contributed by atoms with van der Waals surface area (Å²) in [7, 11) is -5.96. The second-order valence-electron chi connectivity index (χ2n) is 15.4. The molecule has 0 aromatic rings. The standard InChI is InChI=1S/C31H62O9Si3/c1-16-36-27-22-23(31(34,28(33)35-11)26(32)25(22)40-43(17-2,18-3)19-4)24(39-42(14,15)30(8,9)10)21(38-27)20-37-41(12,13)29(5,6)7/h21-25,27,34H,16-20H2,1-15H3/t21-,22-,23-,24+,25+,27+,31-/m1/s1. The number of carbonyl (C=O) groups is 2. The Morgan fingerprint density at radius 1 is 0.907 bits per heavy atom. The summed E-state index contributed by atoms with van der Waals surface area (Å²) in [6.45, 7) is 30.1. The fourth-order valence-corrected chi connectivity index (χ4v) is 10.9. The molecule has 0 radical (unpaired) electrons. The van der Waals surface area contributed by atoms with E-state index in [2.05, 4.69) is 88.5 Å². The van der Waals surface area contributed by atoms with Crippen LogP contribution in [0, 0.1) is 11.8 Å². The molecule has 0 amide bonds. The first-order valence-corrected chi connectivity index (χ1v) is 24.5. The third-order valence-electron chi connectivity index (χ3n) is 11.0. The summed E-state index contributed by atoms with van der Waals surface area (Å²) in [4.78, 5) is 28.0. The largest absolute Gasteiger partial charge is 0.467 e. The molecule has 1 heterocycles. The minimum Gasteiger partial charge on any atom is -0.467 e. The Kier molecular flexibility index (Phi) is 12.4. The number of aliphatic hydroxyl groups is 1. The zero-order valence-electron chi connectivity index (χ0n) is 29.7. The third-order valence-corrected chi connectivity index (χ3v) is 24.6. The average molecular weight is 663 g/mol. The second-order valence-corrected chi connectivity index (χ2v) is 29.7. The van der Waals surface area contributed by atoms with E-state index >= 15 is 0 Å². The van der Waals surface area contributed by atoms with Gasteiger partial charge >= 0.3 is 5.97 Å². The minimum absolute atomic E-state index is 0.0528. The Labute approximate surface area is 264 Å². The van der Waals surface area contributed by atoms with E-state index in [1.165, 1.54) is 7.11 Å². The molecule has 0 bridgehead atoms. The van der Waals surface area contributed by atoms with Crippen molar-refractivity contribution in [2.45, 2.75) is 154 Å². The number of hydrogen-bond acceptors (Lipinski definition) is 9. The predicted octanol–water partition coefficient (Wildman–Crippen LogP) is 6.27. The molecule has 12 heteroatoms. The number of esters is 1. The van der Waals surface area contributed by atoms with Gasteiger partial charge in [0, 0.05) is 12.5 Å². The van der Waals surface area contributed by atoms with Gasteiger partial charge < -0.3 is 32.6 Å². The lowest BCUT2D eigenvalue weighted by molar-refractivity contribution is -0.283. The van der Waals surface area contributed by atoms with Gasteiger partial charge in [0.2, 0.25) is 11.4 Å². The highest BCUT2D eigenvalue weighted by molar-refractivity contribution is 6.74. The smallest absolute Gasteiger partial charge is 0.346 e. The highest BCUT2D eigenvalue weighted by Gasteiger charge is 2.73. The summed E-state index contributed by atoms with van der Waals surface area (Å²) >= 11 is 0. The van der Waals surface area contributed by atoms with Gasteiger partial charge in [-0.15, -0.1) is 0 Å². The molecule has 0 unspecified atom stereocenters. The van der Waals surface area contributed by atoms with Gasteiger partial charge in [0.25, 0.3) is 0 Å². The molecule has 1 saturated carbocycles. The highest BCUT2D eigenvalue weighted by atomic mass is 28.4. The monoisotopic (exact) mass is 662 g/mol. The second kappa shape index (κ2) is 13.7. The predicted molar refractivity (Wildman–Crippen MR) is 177 cm³/mol. The van der Waals surface area contributed by atoms with Crippen LogP contribution in [0.3, 0.4) is 0 Å². The van der Waals surface area contributed by atoms with Crippen LogP contribution in [0.15, 0.2) is 0 Å². The topological polar surface area (TPSA) is 110 Å². The van der Waals surface area contributed by atoms with Gasteiger partial charge in [-0.3, -0.25) is 4.79 Å². The molecule has 1 N–H and O–H groups in total. The molecule has 2 rings (SSSR count). The lowest BCUT2D eigenvalue weighted by Crippen LogP contribution is -2.65. The normalized spacial score (nSPS) is 30.8. The van der Waals surface area contributed by atoms with Crippen LogP contribution in [0.5, 0.6) is 0 Å². The van der Waals surface area contributed by atoms with Crippen LogP contribution < -0.4 is 0 Å². The van der Waals surface area contributed by atoms with Crippen molar-refractivity contribution >= 4 is 36.7 Å². The van der Waals surface area contributed by atoms with Crippen molar-refractivity contribution in [3.05, 3.63) is 0 Å². The van der Waals surface area contributed by atoms with Crippen molar-refractivity contribution in [1.29, 1.82) is 0 Å². The van der Waals surface area contributed by atoms with Crippen LogP contribution in [0.25, 0.3) is 0 Å². The number of carbonyl (C=O) groups excluding carboxylic acids is 2. The summed E-state index contributed by atoms with van der Waals surface area (Å²) in [5.74, 6) is -3.47. The van der Waals surface area contributed by atoms with Crippen molar-refractivity contribution in [1.82, 2.24) is 0 Å². The van der Waals surface area contributed by atoms with E-state index in [-0.39, 0.29) is 16.7 Å². The zero-order chi connectivity index (χ0) is 33.4. The van der Waals surface area contributed by atoms with Crippen LogP contribution in [0.1, 0.15) is 69.2 Å². The lowest BCUT2D eigenvalue weighted by Gasteiger charge is -2.51. The van der Waals surface area contributed by atoms with Crippen LogP contribution in [0.4, 0.5) is 0 Å². The van der Waals surface area contributed by atoms with Gasteiger partial charge in [0.15, 0.2) is 31.2 Å². The zero-order valence-corrected chi connectivity index (χ0v) is 32.7. The Hall–Kier alpha value is -0.449. The summed E-state index contributed by atoms with van der Waals surface area (Å²) in [6, 6.07) is 2.39. The molecular weight excluding hydrogens is 601 g/mol. The van der Waals surface area contributed by atoms with Crippen molar-refractivity contribution in [3.63, 3.8) is 0 Å². The molecule has 43 heavy (non-hydrogen) atoms. The Morgan fingerprint density at radius 2 is 1.42 bits per heavy atom. The minimum atomic E-state index is -2.54. The number of fused-ring (bicyclic) bond motifs is 1. The molecule has 1 saturated heterocycles. The fourth-order valence-electron chi connectivity index (χ4n) is 5.78. The number of Topliss-reactive ketones (excluding diaryl/α,β-unsaturated/α-hetero) is 1. The fraction of sp³-hybridized carbons (Fsp3) is 0.935. The van der Waals surface area contributed by atoms with Crippen LogP contribution in [-0.4, -0.2) is 92.3 Å². The summed E-state index contributed by atoms with van der Waals surface area (Å²) in [5.41, 5.74) is -2.49. The molecule has 1 aliphatic carbocycles. The van der Waals surface area contributed by atoms with E-state index in [9.17, 15) is 14.7 Å². The van der Waals surface area contributed by atoms with Crippen molar-refractivity contribution < 1.29 is 42.2 Å². The SMILES string of the molecule is CCO[C@H]1O[C@H](CO[Si](C)(C)C(C)(C)C)[C@H](O[Si](C)(C)C(C)(C)C)[C@H]2[C@@H]1[C@H](O[Si](CC)(CC)CC)C(=O)[C@@]2(O)C(=O)OC. The number of ether oxygens (including phenoxy) is 3. The van der Waals surface area contributed by atoms with Gasteiger partial charge in [-0.1, -0.05) is 62.3 Å². The van der Waals surface area contributed by atoms with E-state index in [1.54, 1.807) is 0 Å². The molecule has 2 aliphatic rings. The average Bonchev–Trinajstić information content (AvgIpc) is 3.13. The van der Waals surface area contributed by atoms with E-state index < -0.39 is 78.7 Å². The Bertz CT molecular complexity index is 962. The van der Waals surface area contributed by atoms with Crippen LogP contribution in [-0.2, 0) is 37.1 Å². The molecule has 0 spiro atoms. The molecule has 7 atom stereocenters. The number of hydrogen-bond donors (Lipinski definition) is 1. The van der Waals surface area contributed by atoms with Gasteiger partial charge in [-0.25, -0.2) is 4.79 Å². The van der Waals surface area contributed by atoms with Gasteiger partial charge in [0.05, 0.1) is 25.7 Å². The maximum atomic E-state index is 14.4. The van der Waals surface area contributed by atoms with Crippen molar-refractivity contribution in [2.24, 2.45) is 11.8 Å². The molecule has 0 aromatic heterocycles. The maximum Gasteiger partial charge on any atom is 0.346 e. The third kappa shape index (κ3) is 7.43. The Balaban J connectivity index is 2.82. The van der Waals surface area contributed by atoms with Crippen LogP contribution >= 0.6 is 0 Å². The van der Waals surface area contributed by atoms with Crippen LogP contribution in [0.2, 0.25) is 54.4 Å². The van der Waals surface area contributed by atoms with E-state index in [4.69, 9.17) is 27.5 Å². The molecule has 1 aliphatic heterocycles. The lowest BCUT2D eigenvalue weighted by atomic mass is 9.77. The van der Waals surface area contributed by atoms with E-state index in [0.29, 0.717) is 6.61 Å². The summed E-state index contributed by atoms with van der Waals surface area (Å²) < 4.78 is 38.6. The van der Waals surface area contributed by atoms with E-state index in [1.807, 2.05) is 6.92 Å². The van der Waals surface area contributed by atoms with E-state index in [0.717, 1.165) is 18.1 Å². The first-order valence-electron chi connectivity index (χ1n) is 16.2. The molecule has 252 valence electrons. The number of methoxy groups -OCH3 is 1. The van der Waals surface area contributed by atoms with Gasteiger partial charge in [0.1, 0.15) is 12.2 Å². The molecular formula is C31H62O9Si3. The molecule has 2 fully saturated rings. The number of rotatable bonds is 13. The first kappa shape index (κ1) is 38.7. The molecule has 0 aromatic carbocycles. The van der Waals surface area contributed by atoms with Gasteiger partial charge in [-0.05, 0) is 61.3 Å². The Morgan fingerprint density at radius 3 is 1.84 bits per heavy atom. The number of ketones is 1. The van der Waals surface area contributed by atoms with Gasteiger partial charge in [-0.2, -0.15) is 0 Å². The van der Waals surface area contributed by atoms with Crippen molar-refractivity contribution in [3.8, 4) is 0 Å². The van der Waals surface area contributed by atoms with Crippen molar-refractivity contribution in [2.75, 3.05) is 20.3 Å². The molecule has 9 nitrogen and oxygen atoms in total. The quantitative estimate of drug-likeness (QED) is 0.139. The highest BCUT2D eigenvalue weighted by Crippen LogP contribution is 2.53. The summed E-state index contributed by atoms with van der Waals surface area (Å²) in [5, 5.41) is 12.1. The first-order chi connectivity index (χ1) is 19.5. The maximum absolute atomic E-state index is 14.4.